The third kappa shape index (κ3) is 3.04. The van der Waals surface area contributed by atoms with Crippen LogP contribution in [-0.2, 0) is 9.53 Å². The summed E-state index contributed by atoms with van der Waals surface area (Å²) in [4.78, 5) is 14.5. The second kappa shape index (κ2) is 5.57. The molecule has 0 radical (unpaired) electrons. The fraction of sp³-hybridized carbons (Fsp3) is 0.929. The predicted molar refractivity (Wildman–Crippen MR) is 71.4 cm³/mol. The number of carbonyl (C=O) groups excluding carboxylic acids is 1. The van der Waals surface area contributed by atoms with Crippen LogP contribution in [0.4, 0.5) is 0 Å². The van der Waals surface area contributed by atoms with Crippen molar-refractivity contribution in [2.45, 2.75) is 38.7 Å². The zero-order valence-electron chi connectivity index (χ0n) is 11.9. The van der Waals surface area contributed by atoms with E-state index in [2.05, 4.69) is 19.2 Å². The number of methoxy groups -OCH3 is 1. The lowest BCUT2D eigenvalue weighted by atomic mass is 9.88. The smallest absolute Gasteiger partial charge is 0.227 e. The van der Waals surface area contributed by atoms with Crippen molar-refractivity contribution in [3.8, 4) is 0 Å². The van der Waals surface area contributed by atoms with Crippen LogP contribution in [0.2, 0.25) is 0 Å². The molecule has 18 heavy (non-hydrogen) atoms. The molecule has 2 rings (SSSR count). The van der Waals surface area contributed by atoms with Gasteiger partial charge < -0.3 is 15.0 Å². The second-order valence-corrected chi connectivity index (χ2v) is 6.21. The number of rotatable bonds is 2. The van der Waals surface area contributed by atoms with Crippen molar-refractivity contribution >= 4 is 5.91 Å². The van der Waals surface area contributed by atoms with E-state index in [4.69, 9.17) is 4.74 Å². The Balaban J connectivity index is 1.96. The summed E-state index contributed by atoms with van der Waals surface area (Å²) in [6.45, 7) is 7.83. The molecule has 1 amide bonds. The van der Waals surface area contributed by atoms with Gasteiger partial charge in [-0.3, -0.25) is 4.79 Å². The quantitative estimate of drug-likeness (QED) is 0.806. The molecule has 0 aliphatic carbocycles. The van der Waals surface area contributed by atoms with Gasteiger partial charge in [0.1, 0.15) is 0 Å². The third-order valence-corrected chi connectivity index (χ3v) is 4.38. The molecular formula is C14H26N2O2. The van der Waals surface area contributed by atoms with Crippen LogP contribution < -0.4 is 5.32 Å². The molecule has 104 valence electrons. The molecule has 0 aromatic carbocycles. The molecular weight excluding hydrogens is 228 g/mol. The van der Waals surface area contributed by atoms with Gasteiger partial charge in [-0.1, -0.05) is 6.92 Å². The number of nitrogens with one attached hydrogen (secondary N) is 1. The van der Waals surface area contributed by atoms with E-state index in [-0.39, 0.29) is 11.5 Å². The standard InChI is InChI=1S/C14H26N2O2/c1-11-7-12(9-15-8-11)13(17)16-6-4-5-14(2,10-16)18-3/h11-12,15H,4-10H2,1-3H3. The molecule has 2 heterocycles. The zero-order chi connectivity index (χ0) is 13.2. The number of ether oxygens (including phenoxy) is 1. The lowest BCUT2D eigenvalue weighted by Gasteiger charge is -2.41. The van der Waals surface area contributed by atoms with Gasteiger partial charge in [0.15, 0.2) is 0 Å². The first-order chi connectivity index (χ1) is 8.54. The minimum absolute atomic E-state index is 0.151. The average molecular weight is 254 g/mol. The summed E-state index contributed by atoms with van der Waals surface area (Å²) in [5.41, 5.74) is -0.151. The Hall–Kier alpha value is -0.610. The van der Waals surface area contributed by atoms with Crippen molar-refractivity contribution in [3.63, 3.8) is 0 Å². The van der Waals surface area contributed by atoms with Crippen molar-refractivity contribution < 1.29 is 9.53 Å². The van der Waals surface area contributed by atoms with Crippen LogP contribution in [-0.4, -0.2) is 49.7 Å². The maximum absolute atomic E-state index is 12.5. The van der Waals surface area contributed by atoms with Gasteiger partial charge in [-0.2, -0.15) is 0 Å². The molecule has 3 atom stereocenters. The minimum Gasteiger partial charge on any atom is -0.377 e. The van der Waals surface area contributed by atoms with E-state index in [0.29, 0.717) is 11.8 Å². The Morgan fingerprint density at radius 1 is 1.44 bits per heavy atom. The second-order valence-electron chi connectivity index (χ2n) is 6.21. The molecule has 2 aliphatic heterocycles. The Morgan fingerprint density at radius 2 is 2.22 bits per heavy atom. The van der Waals surface area contributed by atoms with Crippen LogP contribution in [0.1, 0.15) is 33.1 Å². The molecule has 0 aromatic heterocycles. The molecule has 0 saturated carbocycles. The molecule has 0 spiro atoms. The van der Waals surface area contributed by atoms with Crippen LogP contribution in [0.5, 0.6) is 0 Å². The van der Waals surface area contributed by atoms with Crippen molar-refractivity contribution in [1.29, 1.82) is 0 Å². The summed E-state index contributed by atoms with van der Waals surface area (Å²) < 4.78 is 5.56. The molecule has 2 fully saturated rings. The molecule has 2 saturated heterocycles. The first-order valence-electron chi connectivity index (χ1n) is 7.09. The van der Waals surface area contributed by atoms with E-state index >= 15 is 0 Å². The van der Waals surface area contributed by atoms with Crippen molar-refractivity contribution in [3.05, 3.63) is 0 Å². The van der Waals surface area contributed by atoms with E-state index < -0.39 is 0 Å². The number of piperidine rings is 2. The van der Waals surface area contributed by atoms with Gasteiger partial charge >= 0.3 is 0 Å². The van der Waals surface area contributed by atoms with Crippen LogP contribution in [0.15, 0.2) is 0 Å². The number of carbonyl (C=O) groups is 1. The highest BCUT2D eigenvalue weighted by atomic mass is 16.5. The number of hydrogen-bond donors (Lipinski definition) is 1. The minimum atomic E-state index is -0.151. The first kappa shape index (κ1) is 13.8. The summed E-state index contributed by atoms with van der Waals surface area (Å²) in [5.74, 6) is 1.08. The Bertz CT molecular complexity index is 308. The van der Waals surface area contributed by atoms with Gasteiger partial charge in [-0.15, -0.1) is 0 Å². The van der Waals surface area contributed by atoms with E-state index in [1.54, 1.807) is 7.11 Å². The maximum atomic E-state index is 12.5. The molecule has 0 bridgehead atoms. The monoisotopic (exact) mass is 254 g/mol. The topological polar surface area (TPSA) is 41.6 Å². The molecule has 1 N–H and O–H groups in total. The van der Waals surface area contributed by atoms with Gasteiger partial charge in [-0.25, -0.2) is 0 Å². The van der Waals surface area contributed by atoms with Gasteiger partial charge in [0.2, 0.25) is 5.91 Å². The molecule has 4 heteroatoms. The highest BCUT2D eigenvalue weighted by molar-refractivity contribution is 5.79. The number of hydrogen-bond acceptors (Lipinski definition) is 3. The Kier molecular flexibility index (Phi) is 4.28. The van der Waals surface area contributed by atoms with Gasteiger partial charge in [0, 0.05) is 26.7 Å². The Labute approximate surface area is 110 Å². The lowest BCUT2D eigenvalue weighted by molar-refractivity contribution is -0.144. The highest BCUT2D eigenvalue weighted by Gasteiger charge is 2.36. The van der Waals surface area contributed by atoms with Crippen LogP contribution in [0.25, 0.3) is 0 Å². The van der Waals surface area contributed by atoms with E-state index in [1.807, 2.05) is 4.90 Å². The fourth-order valence-electron chi connectivity index (χ4n) is 3.16. The first-order valence-corrected chi connectivity index (χ1v) is 7.09. The summed E-state index contributed by atoms with van der Waals surface area (Å²) >= 11 is 0. The molecule has 4 nitrogen and oxygen atoms in total. The van der Waals surface area contributed by atoms with E-state index in [9.17, 15) is 4.79 Å². The summed E-state index contributed by atoms with van der Waals surface area (Å²) in [6, 6.07) is 0. The largest absolute Gasteiger partial charge is 0.377 e. The third-order valence-electron chi connectivity index (χ3n) is 4.38. The highest BCUT2D eigenvalue weighted by Crippen LogP contribution is 2.26. The Morgan fingerprint density at radius 3 is 2.89 bits per heavy atom. The maximum Gasteiger partial charge on any atom is 0.227 e. The summed E-state index contributed by atoms with van der Waals surface area (Å²) in [7, 11) is 1.75. The van der Waals surface area contributed by atoms with Crippen molar-refractivity contribution in [1.82, 2.24) is 10.2 Å². The fourth-order valence-corrected chi connectivity index (χ4v) is 3.16. The van der Waals surface area contributed by atoms with Crippen molar-refractivity contribution in [2.24, 2.45) is 11.8 Å². The zero-order valence-corrected chi connectivity index (χ0v) is 11.9. The summed E-state index contributed by atoms with van der Waals surface area (Å²) in [5, 5.41) is 3.36. The van der Waals surface area contributed by atoms with E-state index in [1.165, 1.54) is 0 Å². The van der Waals surface area contributed by atoms with Crippen LogP contribution in [0, 0.1) is 11.8 Å². The SMILES string of the molecule is COC1(C)CCCN(C(=O)C2CNCC(C)C2)C1. The number of amides is 1. The van der Waals surface area contributed by atoms with Crippen LogP contribution >= 0.6 is 0 Å². The molecule has 3 unspecified atom stereocenters. The average Bonchev–Trinajstić information content (AvgIpc) is 2.38. The normalized spacial score (nSPS) is 37.6. The lowest BCUT2D eigenvalue weighted by Crippen LogP contribution is -2.53. The van der Waals surface area contributed by atoms with E-state index in [0.717, 1.165) is 45.4 Å². The van der Waals surface area contributed by atoms with Gasteiger partial charge in [0.05, 0.1) is 11.5 Å². The van der Waals surface area contributed by atoms with Gasteiger partial charge in [-0.05, 0) is 38.6 Å². The number of nitrogens with zero attached hydrogens (tertiary/aromatic N) is 1. The predicted octanol–water partition coefficient (Wildman–Crippen LogP) is 1.26. The molecule has 0 aromatic rings. The van der Waals surface area contributed by atoms with Crippen LogP contribution in [0.3, 0.4) is 0 Å². The molecule has 2 aliphatic rings. The van der Waals surface area contributed by atoms with Gasteiger partial charge in [0.25, 0.3) is 0 Å². The number of likely N-dealkylation sites (tertiary alicyclic amines) is 1. The summed E-state index contributed by atoms with van der Waals surface area (Å²) in [6.07, 6.45) is 3.12. The van der Waals surface area contributed by atoms with Crippen molar-refractivity contribution in [2.75, 3.05) is 33.3 Å².